The summed E-state index contributed by atoms with van der Waals surface area (Å²) < 4.78 is 5.03. The molecule has 8 heteroatoms. The summed E-state index contributed by atoms with van der Waals surface area (Å²) in [6.07, 6.45) is 0.211. The van der Waals surface area contributed by atoms with E-state index in [0.717, 1.165) is 4.90 Å². The van der Waals surface area contributed by atoms with E-state index < -0.39 is 17.5 Å². The summed E-state index contributed by atoms with van der Waals surface area (Å²) in [5.74, 6) is -1.43. The van der Waals surface area contributed by atoms with Crippen molar-refractivity contribution >= 4 is 17.9 Å². The molecule has 0 aromatic heterocycles. The number of carbonyl (C=O) groups excluding carboxylic acids is 2. The highest BCUT2D eigenvalue weighted by atomic mass is 16.5. The van der Waals surface area contributed by atoms with Crippen LogP contribution in [0.2, 0.25) is 0 Å². The first-order chi connectivity index (χ1) is 8.91. The first-order valence-corrected chi connectivity index (χ1v) is 6.02. The molecule has 1 fully saturated rings. The number of carboxylic acids is 1. The SMILES string of the molecule is CCNC(=O)CN(C)C(=O)NC1(C(=O)O)CCOC1. The van der Waals surface area contributed by atoms with Crippen LogP contribution in [-0.4, -0.2) is 66.8 Å². The Morgan fingerprint density at radius 2 is 2.11 bits per heavy atom. The van der Waals surface area contributed by atoms with Crippen LogP contribution >= 0.6 is 0 Å². The monoisotopic (exact) mass is 273 g/mol. The molecule has 1 unspecified atom stereocenters. The van der Waals surface area contributed by atoms with E-state index in [9.17, 15) is 14.4 Å². The van der Waals surface area contributed by atoms with Gasteiger partial charge in [0.15, 0.2) is 5.54 Å². The highest BCUT2D eigenvalue weighted by Gasteiger charge is 2.44. The van der Waals surface area contributed by atoms with Crippen LogP contribution in [0.5, 0.6) is 0 Å². The molecule has 0 radical (unpaired) electrons. The lowest BCUT2D eigenvalue weighted by molar-refractivity contribution is -0.144. The maximum Gasteiger partial charge on any atom is 0.332 e. The molecule has 1 aliphatic rings. The van der Waals surface area contributed by atoms with Crippen molar-refractivity contribution in [3.63, 3.8) is 0 Å². The number of amides is 3. The minimum Gasteiger partial charge on any atom is -0.479 e. The number of nitrogens with zero attached hydrogens (tertiary/aromatic N) is 1. The predicted octanol–water partition coefficient (Wildman–Crippen LogP) is -0.992. The minimum atomic E-state index is -1.40. The molecule has 1 heterocycles. The number of carboxylic acid groups (broad SMARTS) is 1. The zero-order valence-electron chi connectivity index (χ0n) is 11.1. The van der Waals surface area contributed by atoms with E-state index in [1.54, 1.807) is 6.92 Å². The third kappa shape index (κ3) is 3.82. The highest BCUT2D eigenvalue weighted by Crippen LogP contribution is 2.19. The van der Waals surface area contributed by atoms with Gasteiger partial charge in [0.25, 0.3) is 0 Å². The van der Waals surface area contributed by atoms with E-state index in [4.69, 9.17) is 9.84 Å². The molecule has 1 aliphatic heterocycles. The zero-order chi connectivity index (χ0) is 14.5. The van der Waals surface area contributed by atoms with Gasteiger partial charge in [0.1, 0.15) is 6.54 Å². The van der Waals surface area contributed by atoms with Gasteiger partial charge in [-0.15, -0.1) is 0 Å². The molecule has 1 rings (SSSR count). The standard InChI is InChI=1S/C11H19N3O5/c1-3-12-8(15)6-14(2)10(18)13-11(9(16)17)4-5-19-7-11/h3-7H2,1-2H3,(H,12,15)(H,13,18)(H,16,17). The molecule has 0 saturated carbocycles. The second-order valence-electron chi connectivity index (χ2n) is 4.43. The largest absolute Gasteiger partial charge is 0.479 e. The second-order valence-corrected chi connectivity index (χ2v) is 4.43. The molecule has 1 saturated heterocycles. The van der Waals surface area contributed by atoms with Gasteiger partial charge >= 0.3 is 12.0 Å². The summed E-state index contributed by atoms with van der Waals surface area (Å²) in [4.78, 5) is 35.5. The first kappa shape index (κ1) is 15.2. The Balaban J connectivity index is 2.57. The summed E-state index contributed by atoms with van der Waals surface area (Å²) in [7, 11) is 1.43. The van der Waals surface area contributed by atoms with Gasteiger partial charge in [-0.3, -0.25) is 4.79 Å². The van der Waals surface area contributed by atoms with Crippen LogP contribution in [0.4, 0.5) is 4.79 Å². The third-order valence-electron chi connectivity index (χ3n) is 2.88. The van der Waals surface area contributed by atoms with E-state index in [2.05, 4.69) is 10.6 Å². The van der Waals surface area contributed by atoms with Gasteiger partial charge in [0.05, 0.1) is 6.61 Å². The van der Waals surface area contributed by atoms with Gasteiger partial charge in [-0.25, -0.2) is 9.59 Å². The van der Waals surface area contributed by atoms with Crippen molar-refractivity contribution in [1.29, 1.82) is 0 Å². The number of likely N-dealkylation sites (N-methyl/N-ethyl adjacent to an activating group) is 2. The van der Waals surface area contributed by atoms with Gasteiger partial charge in [0.2, 0.25) is 5.91 Å². The van der Waals surface area contributed by atoms with Crippen molar-refractivity contribution in [3.05, 3.63) is 0 Å². The summed E-state index contributed by atoms with van der Waals surface area (Å²) in [5.41, 5.74) is -1.40. The normalized spacial score (nSPS) is 21.8. The quantitative estimate of drug-likeness (QED) is 0.596. The average molecular weight is 273 g/mol. The molecule has 19 heavy (non-hydrogen) atoms. The molecule has 0 aliphatic carbocycles. The fourth-order valence-corrected chi connectivity index (χ4v) is 1.73. The zero-order valence-corrected chi connectivity index (χ0v) is 11.1. The number of urea groups is 1. The molecule has 108 valence electrons. The Morgan fingerprint density at radius 1 is 1.42 bits per heavy atom. The fourth-order valence-electron chi connectivity index (χ4n) is 1.73. The van der Waals surface area contributed by atoms with E-state index in [1.165, 1.54) is 7.05 Å². The summed E-state index contributed by atoms with van der Waals surface area (Å²) in [5, 5.41) is 14.1. The molecule has 3 N–H and O–H groups in total. The number of hydrogen-bond acceptors (Lipinski definition) is 4. The molecule has 0 aromatic rings. The minimum absolute atomic E-state index is 0.0664. The van der Waals surface area contributed by atoms with Gasteiger partial charge in [0, 0.05) is 26.6 Å². The number of rotatable bonds is 5. The average Bonchev–Trinajstić information content (AvgIpc) is 2.79. The van der Waals surface area contributed by atoms with E-state index in [0.29, 0.717) is 6.54 Å². The summed E-state index contributed by atoms with van der Waals surface area (Å²) in [6, 6.07) is -0.612. The van der Waals surface area contributed by atoms with Crippen molar-refractivity contribution in [3.8, 4) is 0 Å². The molecule has 8 nitrogen and oxygen atoms in total. The van der Waals surface area contributed by atoms with E-state index in [1.807, 2.05) is 0 Å². The summed E-state index contributed by atoms with van der Waals surface area (Å²) >= 11 is 0. The lowest BCUT2D eigenvalue weighted by Gasteiger charge is -2.27. The lowest BCUT2D eigenvalue weighted by atomic mass is 9.99. The van der Waals surface area contributed by atoms with Crippen LogP contribution in [0.15, 0.2) is 0 Å². The van der Waals surface area contributed by atoms with Crippen LogP contribution in [0.3, 0.4) is 0 Å². The molecule has 1 atom stereocenters. The Morgan fingerprint density at radius 3 is 2.58 bits per heavy atom. The number of carbonyl (C=O) groups is 3. The van der Waals surface area contributed by atoms with E-state index >= 15 is 0 Å². The number of hydrogen-bond donors (Lipinski definition) is 3. The van der Waals surface area contributed by atoms with Crippen LogP contribution in [-0.2, 0) is 14.3 Å². The maximum absolute atomic E-state index is 11.9. The molecule has 0 aromatic carbocycles. The summed E-state index contributed by atoms with van der Waals surface area (Å²) in [6.45, 7) is 2.33. The van der Waals surface area contributed by atoms with Crippen LogP contribution < -0.4 is 10.6 Å². The van der Waals surface area contributed by atoms with Crippen LogP contribution in [0.1, 0.15) is 13.3 Å². The highest BCUT2D eigenvalue weighted by molar-refractivity contribution is 5.88. The smallest absolute Gasteiger partial charge is 0.332 e. The Bertz CT molecular complexity index is 365. The van der Waals surface area contributed by atoms with Crippen molar-refractivity contribution in [1.82, 2.24) is 15.5 Å². The van der Waals surface area contributed by atoms with Gasteiger partial charge in [-0.2, -0.15) is 0 Å². The Kier molecular flexibility index (Phi) is 5.11. The molecule has 3 amide bonds. The molecule has 0 bridgehead atoms. The van der Waals surface area contributed by atoms with Crippen molar-refractivity contribution in [2.45, 2.75) is 18.9 Å². The third-order valence-corrected chi connectivity index (χ3v) is 2.88. The van der Waals surface area contributed by atoms with Gasteiger partial charge in [-0.05, 0) is 6.92 Å². The number of ether oxygens (including phenoxy) is 1. The lowest BCUT2D eigenvalue weighted by Crippen LogP contribution is -2.58. The predicted molar refractivity (Wildman–Crippen MR) is 65.6 cm³/mol. The molecule has 0 spiro atoms. The number of aliphatic carboxylic acids is 1. The first-order valence-electron chi connectivity index (χ1n) is 6.02. The van der Waals surface area contributed by atoms with Gasteiger partial charge < -0.3 is 25.4 Å². The molecular weight excluding hydrogens is 254 g/mol. The second kappa shape index (κ2) is 6.37. The van der Waals surface area contributed by atoms with Crippen molar-refractivity contribution in [2.24, 2.45) is 0 Å². The maximum atomic E-state index is 11.9. The van der Waals surface area contributed by atoms with Gasteiger partial charge in [-0.1, -0.05) is 0 Å². The van der Waals surface area contributed by atoms with Crippen LogP contribution in [0, 0.1) is 0 Å². The number of nitrogens with one attached hydrogen (secondary N) is 2. The van der Waals surface area contributed by atoms with Crippen LogP contribution in [0.25, 0.3) is 0 Å². The van der Waals surface area contributed by atoms with Crippen molar-refractivity contribution in [2.75, 3.05) is 33.4 Å². The Hall–Kier alpha value is -1.83. The van der Waals surface area contributed by atoms with Crippen molar-refractivity contribution < 1.29 is 24.2 Å². The Labute approximate surface area is 111 Å². The van der Waals surface area contributed by atoms with E-state index in [-0.39, 0.29) is 32.1 Å². The topological polar surface area (TPSA) is 108 Å². The fraction of sp³-hybridized carbons (Fsp3) is 0.727. The molecular formula is C11H19N3O5.